The number of nitrogens with zero attached hydrogens (tertiary/aromatic N) is 1. The molecule has 1 atom stereocenters. The van der Waals surface area contributed by atoms with Gasteiger partial charge in [0.05, 0.1) is 0 Å². The van der Waals surface area contributed by atoms with E-state index in [4.69, 9.17) is 17.3 Å². The molecule has 0 aliphatic carbocycles. The van der Waals surface area contributed by atoms with E-state index >= 15 is 0 Å². The van der Waals surface area contributed by atoms with Gasteiger partial charge in [-0.1, -0.05) is 35.9 Å². The second-order valence-electron chi connectivity index (χ2n) is 5.36. The van der Waals surface area contributed by atoms with Crippen molar-refractivity contribution in [2.45, 2.75) is 18.9 Å². The summed E-state index contributed by atoms with van der Waals surface area (Å²) in [7, 11) is 4.08. The lowest BCUT2D eigenvalue weighted by Gasteiger charge is -2.15. The predicted octanol–water partition coefficient (Wildman–Crippen LogP) is 3.52. The van der Waals surface area contributed by atoms with Crippen molar-refractivity contribution in [3.8, 4) is 0 Å². The molecular formula is C17H21ClN2. The van der Waals surface area contributed by atoms with E-state index in [0.717, 1.165) is 17.9 Å². The van der Waals surface area contributed by atoms with Gasteiger partial charge in [-0.25, -0.2) is 0 Å². The summed E-state index contributed by atoms with van der Waals surface area (Å²) in [6.45, 7) is 0. The fourth-order valence-corrected chi connectivity index (χ4v) is 2.48. The van der Waals surface area contributed by atoms with Gasteiger partial charge in [0.25, 0.3) is 0 Å². The molecule has 0 aromatic heterocycles. The molecule has 0 bridgehead atoms. The van der Waals surface area contributed by atoms with Crippen molar-refractivity contribution < 1.29 is 0 Å². The van der Waals surface area contributed by atoms with Gasteiger partial charge in [-0.3, -0.25) is 0 Å². The van der Waals surface area contributed by atoms with Crippen molar-refractivity contribution in [2.75, 3.05) is 19.0 Å². The number of anilines is 1. The van der Waals surface area contributed by atoms with Crippen molar-refractivity contribution in [3.05, 3.63) is 64.7 Å². The Labute approximate surface area is 126 Å². The van der Waals surface area contributed by atoms with Crippen LogP contribution in [-0.2, 0) is 12.8 Å². The molecule has 3 heteroatoms. The number of rotatable bonds is 5. The Morgan fingerprint density at radius 3 is 2.25 bits per heavy atom. The molecule has 20 heavy (non-hydrogen) atoms. The van der Waals surface area contributed by atoms with E-state index in [2.05, 4.69) is 35.2 Å². The summed E-state index contributed by atoms with van der Waals surface area (Å²) >= 11 is 5.99. The SMILES string of the molecule is CN(C)c1ccc(CC(N)Cc2cccc(Cl)c2)cc1. The molecule has 0 heterocycles. The number of nitrogens with two attached hydrogens (primary N) is 1. The fourth-order valence-electron chi connectivity index (χ4n) is 2.27. The Morgan fingerprint density at radius 2 is 1.65 bits per heavy atom. The molecule has 0 saturated carbocycles. The lowest BCUT2D eigenvalue weighted by atomic mass is 9.99. The molecule has 2 aromatic carbocycles. The molecule has 0 fully saturated rings. The average molecular weight is 289 g/mol. The van der Waals surface area contributed by atoms with Crippen LogP contribution in [0.4, 0.5) is 5.69 Å². The normalized spacial score (nSPS) is 12.2. The van der Waals surface area contributed by atoms with Crippen LogP contribution in [0.15, 0.2) is 48.5 Å². The minimum Gasteiger partial charge on any atom is -0.378 e. The van der Waals surface area contributed by atoms with Crippen LogP contribution in [0.5, 0.6) is 0 Å². The summed E-state index contributed by atoms with van der Waals surface area (Å²) < 4.78 is 0. The van der Waals surface area contributed by atoms with Gasteiger partial charge in [0.1, 0.15) is 0 Å². The topological polar surface area (TPSA) is 29.3 Å². The third-order valence-electron chi connectivity index (χ3n) is 3.34. The minimum atomic E-state index is 0.110. The predicted molar refractivity (Wildman–Crippen MR) is 87.6 cm³/mol. The van der Waals surface area contributed by atoms with Gasteiger partial charge < -0.3 is 10.6 Å². The van der Waals surface area contributed by atoms with Crippen LogP contribution in [0.2, 0.25) is 5.02 Å². The van der Waals surface area contributed by atoms with Crippen LogP contribution in [0.25, 0.3) is 0 Å². The maximum atomic E-state index is 6.23. The minimum absolute atomic E-state index is 0.110. The Kier molecular flexibility index (Phi) is 5.05. The molecule has 0 aliphatic heterocycles. The highest BCUT2D eigenvalue weighted by Gasteiger charge is 2.06. The van der Waals surface area contributed by atoms with E-state index in [0.29, 0.717) is 0 Å². The van der Waals surface area contributed by atoms with Crippen LogP contribution < -0.4 is 10.6 Å². The molecule has 2 N–H and O–H groups in total. The molecule has 2 aromatic rings. The molecule has 0 spiro atoms. The first-order valence-electron chi connectivity index (χ1n) is 6.81. The third kappa shape index (κ3) is 4.26. The second-order valence-corrected chi connectivity index (χ2v) is 5.80. The zero-order valence-electron chi connectivity index (χ0n) is 12.0. The van der Waals surface area contributed by atoms with Gasteiger partial charge in [0, 0.05) is 30.8 Å². The van der Waals surface area contributed by atoms with Gasteiger partial charge in [-0.2, -0.15) is 0 Å². The Morgan fingerprint density at radius 1 is 1.00 bits per heavy atom. The summed E-state index contributed by atoms with van der Waals surface area (Å²) in [6, 6.07) is 16.6. The van der Waals surface area contributed by atoms with Crippen molar-refractivity contribution in [3.63, 3.8) is 0 Å². The third-order valence-corrected chi connectivity index (χ3v) is 3.57. The number of hydrogen-bond donors (Lipinski definition) is 1. The number of hydrogen-bond acceptors (Lipinski definition) is 2. The first kappa shape index (κ1) is 14.9. The fraction of sp³-hybridized carbons (Fsp3) is 0.294. The monoisotopic (exact) mass is 288 g/mol. The van der Waals surface area contributed by atoms with Gasteiger partial charge >= 0.3 is 0 Å². The molecule has 2 rings (SSSR count). The molecule has 0 saturated heterocycles. The van der Waals surface area contributed by atoms with Crippen LogP contribution in [0, 0.1) is 0 Å². The Hall–Kier alpha value is -1.51. The van der Waals surface area contributed by atoms with Crippen LogP contribution in [-0.4, -0.2) is 20.1 Å². The van der Waals surface area contributed by atoms with E-state index in [9.17, 15) is 0 Å². The second kappa shape index (κ2) is 6.78. The largest absolute Gasteiger partial charge is 0.378 e. The number of halogens is 1. The first-order valence-corrected chi connectivity index (χ1v) is 7.18. The van der Waals surface area contributed by atoms with Gasteiger partial charge in [-0.05, 0) is 48.2 Å². The standard InChI is InChI=1S/C17H21ClN2/c1-20(2)17-8-6-13(7-9-17)11-16(19)12-14-4-3-5-15(18)10-14/h3-10,16H,11-12,19H2,1-2H3. The van der Waals surface area contributed by atoms with Gasteiger partial charge in [-0.15, -0.1) is 0 Å². The first-order chi connectivity index (χ1) is 9.54. The van der Waals surface area contributed by atoms with Gasteiger partial charge in [0.2, 0.25) is 0 Å². The summed E-state index contributed by atoms with van der Waals surface area (Å²) in [5, 5.41) is 0.769. The van der Waals surface area contributed by atoms with Crippen molar-refractivity contribution in [1.29, 1.82) is 0 Å². The highest BCUT2D eigenvalue weighted by atomic mass is 35.5. The van der Waals surface area contributed by atoms with Gasteiger partial charge in [0.15, 0.2) is 0 Å². The quantitative estimate of drug-likeness (QED) is 0.912. The van der Waals surface area contributed by atoms with Crippen LogP contribution in [0.1, 0.15) is 11.1 Å². The molecule has 2 nitrogen and oxygen atoms in total. The summed E-state index contributed by atoms with van der Waals surface area (Å²) in [6.07, 6.45) is 1.72. The summed E-state index contributed by atoms with van der Waals surface area (Å²) in [4.78, 5) is 2.09. The maximum absolute atomic E-state index is 6.23. The van der Waals surface area contributed by atoms with Crippen LogP contribution in [0.3, 0.4) is 0 Å². The molecule has 0 amide bonds. The smallest absolute Gasteiger partial charge is 0.0408 e. The van der Waals surface area contributed by atoms with E-state index in [-0.39, 0.29) is 6.04 Å². The van der Waals surface area contributed by atoms with Crippen molar-refractivity contribution >= 4 is 17.3 Å². The lowest BCUT2D eigenvalue weighted by molar-refractivity contribution is 0.665. The zero-order valence-corrected chi connectivity index (χ0v) is 12.8. The van der Waals surface area contributed by atoms with Crippen LogP contribution >= 0.6 is 11.6 Å². The summed E-state index contributed by atoms with van der Waals surface area (Å²) in [5.74, 6) is 0. The number of benzene rings is 2. The summed E-state index contributed by atoms with van der Waals surface area (Å²) in [5.41, 5.74) is 9.90. The molecule has 0 aliphatic rings. The average Bonchev–Trinajstić information content (AvgIpc) is 2.39. The molecule has 0 radical (unpaired) electrons. The van der Waals surface area contributed by atoms with Crippen molar-refractivity contribution in [1.82, 2.24) is 0 Å². The van der Waals surface area contributed by atoms with Crippen molar-refractivity contribution in [2.24, 2.45) is 5.73 Å². The van der Waals surface area contributed by atoms with E-state index < -0.39 is 0 Å². The highest BCUT2D eigenvalue weighted by Crippen LogP contribution is 2.16. The lowest BCUT2D eigenvalue weighted by Crippen LogP contribution is -2.25. The molecular weight excluding hydrogens is 268 g/mol. The van der Waals surface area contributed by atoms with E-state index in [1.54, 1.807) is 0 Å². The van der Waals surface area contributed by atoms with E-state index in [1.807, 2.05) is 32.3 Å². The Balaban J connectivity index is 1.95. The highest BCUT2D eigenvalue weighted by molar-refractivity contribution is 6.30. The molecule has 1 unspecified atom stereocenters. The Bertz CT molecular complexity index is 549. The van der Waals surface area contributed by atoms with E-state index in [1.165, 1.54) is 16.8 Å². The molecule has 106 valence electrons. The maximum Gasteiger partial charge on any atom is 0.0408 e. The zero-order chi connectivity index (χ0) is 14.5.